The SMILES string of the molecule is C/C(=C\c1sc(C)c(N(C)S(=O)(=O)c2cccs2)c1N)C1=NCC2(CCNCC2)S1. The quantitative estimate of drug-likeness (QED) is 0.667. The second-order valence-electron chi connectivity index (χ2n) is 7.67. The highest BCUT2D eigenvalue weighted by molar-refractivity contribution is 8.15. The van der Waals surface area contributed by atoms with Crippen LogP contribution in [-0.2, 0) is 10.0 Å². The fourth-order valence-electron chi connectivity index (χ4n) is 3.83. The number of sulfonamides is 1. The zero-order valence-electron chi connectivity index (χ0n) is 17.3. The molecule has 30 heavy (non-hydrogen) atoms. The number of anilines is 2. The summed E-state index contributed by atoms with van der Waals surface area (Å²) in [5.74, 6) is 0. The predicted octanol–water partition coefficient (Wildman–Crippen LogP) is 4.20. The number of rotatable bonds is 5. The summed E-state index contributed by atoms with van der Waals surface area (Å²) >= 11 is 4.61. The number of thiophene rings is 2. The summed E-state index contributed by atoms with van der Waals surface area (Å²) in [6.07, 6.45) is 4.31. The number of thioether (sulfide) groups is 1. The van der Waals surface area contributed by atoms with Gasteiger partial charge in [0.2, 0.25) is 0 Å². The summed E-state index contributed by atoms with van der Waals surface area (Å²) in [6, 6.07) is 3.35. The lowest BCUT2D eigenvalue weighted by molar-refractivity contribution is 0.426. The highest BCUT2D eigenvalue weighted by Gasteiger charge is 2.38. The fourth-order valence-corrected chi connectivity index (χ4v) is 8.73. The molecule has 0 saturated carbocycles. The molecule has 10 heteroatoms. The van der Waals surface area contributed by atoms with Crippen molar-refractivity contribution in [2.45, 2.75) is 35.6 Å². The van der Waals surface area contributed by atoms with Gasteiger partial charge in [0.05, 0.1) is 27.8 Å². The van der Waals surface area contributed by atoms with Crippen LogP contribution in [0.2, 0.25) is 0 Å². The molecule has 6 nitrogen and oxygen atoms in total. The van der Waals surface area contributed by atoms with Crippen LogP contribution in [0, 0.1) is 6.92 Å². The summed E-state index contributed by atoms with van der Waals surface area (Å²) in [4.78, 5) is 6.58. The van der Waals surface area contributed by atoms with Crippen LogP contribution in [0.3, 0.4) is 0 Å². The van der Waals surface area contributed by atoms with Crippen LogP contribution in [0.25, 0.3) is 6.08 Å². The third kappa shape index (κ3) is 3.95. The van der Waals surface area contributed by atoms with Gasteiger partial charge < -0.3 is 11.1 Å². The molecule has 1 saturated heterocycles. The Morgan fingerprint density at radius 1 is 1.37 bits per heavy atom. The molecule has 0 bridgehead atoms. The topological polar surface area (TPSA) is 87.8 Å². The maximum Gasteiger partial charge on any atom is 0.273 e. The third-order valence-electron chi connectivity index (χ3n) is 5.57. The van der Waals surface area contributed by atoms with Crippen LogP contribution in [-0.4, -0.2) is 44.9 Å². The maximum atomic E-state index is 13.0. The van der Waals surface area contributed by atoms with Gasteiger partial charge in [-0.05, 0) is 62.9 Å². The Morgan fingerprint density at radius 2 is 2.10 bits per heavy atom. The lowest BCUT2D eigenvalue weighted by Crippen LogP contribution is -2.40. The molecule has 4 rings (SSSR count). The number of piperidine rings is 1. The fraction of sp³-hybridized carbons (Fsp3) is 0.450. The Bertz CT molecular complexity index is 1090. The van der Waals surface area contributed by atoms with Crippen molar-refractivity contribution in [3.05, 3.63) is 32.8 Å². The molecule has 4 heterocycles. The van der Waals surface area contributed by atoms with Gasteiger partial charge in [0, 0.05) is 16.7 Å². The molecule has 0 aliphatic carbocycles. The number of nitrogen functional groups attached to an aromatic ring is 1. The van der Waals surface area contributed by atoms with Crippen LogP contribution in [0.1, 0.15) is 29.5 Å². The van der Waals surface area contributed by atoms with E-state index >= 15 is 0 Å². The molecule has 2 aromatic rings. The van der Waals surface area contributed by atoms with E-state index in [-0.39, 0.29) is 4.75 Å². The van der Waals surface area contributed by atoms with E-state index in [1.165, 1.54) is 27.0 Å². The zero-order valence-corrected chi connectivity index (χ0v) is 20.5. The second kappa shape index (κ2) is 8.31. The van der Waals surface area contributed by atoms with Crippen LogP contribution < -0.4 is 15.4 Å². The van der Waals surface area contributed by atoms with Gasteiger partial charge in [-0.1, -0.05) is 17.8 Å². The highest BCUT2D eigenvalue weighted by atomic mass is 32.2. The molecule has 0 unspecified atom stereocenters. The normalized spacial score (nSPS) is 19.3. The molecule has 0 amide bonds. The zero-order chi connectivity index (χ0) is 21.5. The standard InChI is InChI=1S/C20H26N4O2S4/c1-13(19-23-12-20(29-19)6-8-22-9-7-20)11-15-17(21)18(14(2)28-15)24(3)30(25,26)16-5-4-10-27-16/h4-5,10-11,22H,6-9,12,21H2,1-3H3/b13-11+. The number of aryl methyl sites for hydroxylation is 1. The van der Waals surface area contributed by atoms with Gasteiger partial charge in [-0.15, -0.1) is 22.7 Å². The van der Waals surface area contributed by atoms with Crippen molar-refractivity contribution in [3.8, 4) is 0 Å². The van der Waals surface area contributed by atoms with Crippen molar-refractivity contribution in [2.75, 3.05) is 36.7 Å². The number of nitrogens with one attached hydrogen (secondary N) is 1. The summed E-state index contributed by atoms with van der Waals surface area (Å²) in [5, 5.41) is 6.26. The first-order chi connectivity index (χ1) is 14.2. The van der Waals surface area contributed by atoms with Gasteiger partial charge in [-0.2, -0.15) is 0 Å². The maximum absolute atomic E-state index is 13.0. The first kappa shape index (κ1) is 21.9. The molecule has 1 fully saturated rings. The van der Waals surface area contributed by atoms with Crippen molar-refractivity contribution in [1.82, 2.24) is 5.32 Å². The van der Waals surface area contributed by atoms with E-state index in [2.05, 4.69) is 12.2 Å². The van der Waals surface area contributed by atoms with E-state index in [9.17, 15) is 8.42 Å². The van der Waals surface area contributed by atoms with E-state index in [0.29, 0.717) is 15.6 Å². The molecule has 0 atom stereocenters. The molecule has 0 aromatic carbocycles. The van der Waals surface area contributed by atoms with Crippen molar-refractivity contribution < 1.29 is 8.42 Å². The van der Waals surface area contributed by atoms with Crippen molar-refractivity contribution in [2.24, 2.45) is 4.99 Å². The van der Waals surface area contributed by atoms with Crippen LogP contribution in [0.5, 0.6) is 0 Å². The number of aliphatic imine (C=N–C) groups is 1. The Balaban J connectivity index is 1.59. The van der Waals surface area contributed by atoms with Crippen molar-refractivity contribution in [1.29, 1.82) is 0 Å². The van der Waals surface area contributed by atoms with Gasteiger partial charge in [0.25, 0.3) is 10.0 Å². The Kier molecular flexibility index (Phi) is 6.06. The lowest BCUT2D eigenvalue weighted by atomic mass is 9.97. The minimum Gasteiger partial charge on any atom is -0.396 e. The number of hydrogen-bond acceptors (Lipinski definition) is 8. The number of hydrogen-bond donors (Lipinski definition) is 2. The summed E-state index contributed by atoms with van der Waals surface area (Å²) < 4.78 is 27.8. The predicted molar refractivity (Wildman–Crippen MR) is 132 cm³/mol. The summed E-state index contributed by atoms with van der Waals surface area (Å²) in [6.45, 7) is 6.93. The van der Waals surface area contributed by atoms with Gasteiger partial charge >= 0.3 is 0 Å². The van der Waals surface area contributed by atoms with E-state index in [0.717, 1.165) is 52.8 Å². The first-order valence-corrected chi connectivity index (χ1v) is 13.7. The van der Waals surface area contributed by atoms with Crippen LogP contribution in [0.15, 0.2) is 32.3 Å². The van der Waals surface area contributed by atoms with E-state index in [1.807, 2.05) is 24.8 Å². The minimum atomic E-state index is -3.62. The Hall–Kier alpha value is -1.33. The molecular weight excluding hydrogens is 457 g/mol. The molecule has 0 radical (unpaired) electrons. The summed E-state index contributed by atoms with van der Waals surface area (Å²) in [5.41, 5.74) is 8.59. The molecule has 3 N–H and O–H groups in total. The van der Waals surface area contributed by atoms with E-state index in [1.54, 1.807) is 24.6 Å². The molecule has 2 aliphatic heterocycles. The monoisotopic (exact) mass is 482 g/mol. The van der Waals surface area contributed by atoms with Crippen molar-refractivity contribution >= 4 is 67.0 Å². The number of nitrogens with two attached hydrogens (primary N) is 1. The van der Waals surface area contributed by atoms with Crippen LogP contribution >= 0.6 is 34.4 Å². The average molecular weight is 483 g/mol. The largest absolute Gasteiger partial charge is 0.396 e. The second-order valence-corrected chi connectivity index (χ2v) is 13.5. The lowest BCUT2D eigenvalue weighted by Gasteiger charge is -2.31. The van der Waals surface area contributed by atoms with Gasteiger partial charge in [0.15, 0.2) is 0 Å². The van der Waals surface area contributed by atoms with Crippen LogP contribution in [0.4, 0.5) is 11.4 Å². The van der Waals surface area contributed by atoms with Gasteiger partial charge in [0.1, 0.15) is 4.21 Å². The average Bonchev–Trinajstić information content (AvgIpc) is 3.44. The van der Waals surface area contributed by atoms with E-state index < -0.39 is 10.0 Å². The third-order valence-corrected chi connectivity index (χ3v) is 11.4. The molecular formula is C20H26N4O2S4. The first-order valence-electron chi connectivity index (χ1n) is 9.78. The van der Waals surface area contributed by atoms with E-state index in [4.69, 9.17) is 10.7 Å². The number of nitrogens with zero attached hydrogens (tertiary/aromatic N) is 2. The molecule has 2 aromatic heterocycles. The minimum absolute atomic E-state index is 0.229. The molecule has 162 valence electrons. The van der Waals surface area contributed by atoms with Gasteiger partial charge in [-0.3, -0.25) is 9.30 Å². The summed E-state index contributed by atoms with van der Waals surface area (Å²) in [7, 11) is -2.05. The Labute approximate surface area is 190 Å². The van der Waals surface area contributed by atoms with Gasteiger partial charge in [-0.25, -0.2) is 8.42 Å². The molecule has 2 aliphatic rings. The Morgan fingerprint density at radius 3 is 2.77 bits per heavy atom. The smallest absolute Gasteiger partial charge is 0.273 e. The highest BCUT2D eigenvalue weighted by Crippen LogP contribution is 2.44. The van der Waals surface area contributed by atoms with Crippen molar-refractivity contribution in [3.63, 3.8) is 0 Å². The molecule has 1 spiro atoms.